The van der Waals surface area contributed by atoms with Crippen LogP contribution in [0, 0.1) is 0 Å². The van der Waals surface area contributed by atoms with E-state index in [0.29, 0.717) is 49.9 Å². The van der Waals surface area contributed by atoms with Crippen LogP contribution in [-0.2, 0) is 15.8 Å². The van der Waals surface area contributed by atoms with Crippen molar-refractivity contribution in [3.05, 3.63) is 54.1 Å². The first-order valence-electron chi connectivity index (χ1n) is 11.0. The van der Waals surface area contributed by atoms with Crippen molar-refractivity contribution in [1.29, 1.82) is 0 Å². The molecule has 1 atom stereocenters. The summed E-state index contributed by atoms with van der Waals surface area (Å²) in [6.45, 7) is 4.34. The van der Waals surface area contributed by atoms with Crippen LogP contribution in [0.2, 0.25) is 0 Å². The van der Waals surface area contributed by atoms with Crippen molar-refractivity contribution in [2.45, 2.75) is 32.0 Å². The second kappa shape index (κ2) is 9.43. The van der Waals surface area contributed by atoms with E-state index in [1.807, 2.05) is 16.7 Å². The number of alkyl halides is 3. The average Bonchev–Trinajstić information content (AvgIpc) is 3.11. The number of benzene rings is 2. The molecule has 2 aliphatic rings. The van der Waals surface area contributed by atoms with Crippen molar-refractivity contribution in [1.82, 2.24) is 4.90 Å². The molecule has 176 valence electrons. The minimum atomic E-state index is -4.39. The lowest BCUT2D eigenvalue weighted by Crippen LogP contribution is -2.52. The molecule has 0 aliphatic carbocycles. The number of imide groups is 1. The number of nitrogens with zero attached hydrogens (tertiary/aromatic N) is 3. The number of piperazine rings is 1. The van der Waals surface area contributed by atoms with Crippen LogP contribution in [0.15, 0.2) is 48.5 Å². The molecule has 0 N–H and O–H groups in total. The number of rotatable bonds is 6. The van der Waals surface area contributed by atoms with Gasteiger partial charge in [-0.2, -0.15) is 13.2 Å². The Hall–Kier alpha value is -3.07. The molecular weight excluding hydrogens is 435 g/mol. The summed E-state index contributed by atoms with van der Waals surface area (Å²) >= 11 is 0. The number of hydrogen-bond acceptors (Lipinski definition) is 5. The van der Waals surface area contributed by atoms with Gasteiger partial charge in [0, 0.05) is 31.9 Å². The molecule has 9 heteroatoms. The summed E-state index contributed by atoms with van der Waals surface area (Å²) in [5.41, 5.74) is 0.270. The van der Waals surface area contributed by atoms with E-state index in [0.717, 1.165) is 18.6 Å². The van der Waals surface area contributed by atoms with E-state index in [4.69, 9.17) is 4.74 Å². The quantitative estimate of drug-likeness (QED) is 0.610. The van der Waals surface area contributed by atoms with Gasteiger partial charge in [-0.3, -0.25) is 14.5 Å². The number of hydrogen-bond donors (Lipinski definition) is 0. The van der Waals surface area contributed by atoms with E-state index in [1.54, 1.807) is 30.3 Å². The Morgan fingerprint density at radius 2 is 1.73 bits per heavy atom. The molecule has 0 aromatic heterocycles. The molecule has 0 bridgehead atoms. The maximum Gasteiger partial charge on any atom is 0.416 e. The van der Waals surface area contributed by atoms with Gasteiger partial charge in [-0.15, -0.1) is 0 Å². The first kappa shape index (κ1) is 23.1. The first-order chi connectivity index (χ1) is 15.8. The number of carbonyl (C=O) groups excluding carboxylic acids is 2. The van der Waals surface area contributed by atoms with Gasteiger partial charge in [0.1, 0.15) is 5.75 Å². The maximum absolute atomic E-state index is 13.2. The van der Waals surface area contributed by atoms with Gasteiger partial charge in [-0.25, -0.2) is 4.90 Å². The van der Waals surface area contributed by atoms with E-state index in [-0.39, 0.29) is 18.2 Å². The van der Waals surface area contributed by atoms with Gasteiger partial charge in [0.25, 0.3) is 5.91 Å². The number of ether oxygens (including phenoxy) is 1. The largest absolute Gasteiger partial charge is 0.491 e. The van der Waals surface area contributed by atoms with Crippen LogP contribution in [0.4, 0.5) is 24.5 Å². The van der Waals surface area contributed by atoms with Gasteiger partial charge < -0.3 is 9.64 Å². The smallest absolute Gasteiger partial charge is 0.416 e. The van der Waals surface area contributed by atoms with Crippen molar-refractivity contribution in [2.75, 3.05) is 42.6 Å². The SMILES string of the molecule is CCCOc1ccccc1N1C(=O)C[C@@H](N2CCN(c3cccc(C(F)(F)F)c3)CC2)C1=O. The summed E-state index contributed by atoms with van der Waals surface area (Å²) in [6.07, 6.45) is -3.52. The number of para-hydroxylation sites is 2. The number of halogens is 3. The monoisotopic (exact) mass is 461 g/mol. The lowest BCUT2D eigenvalue weighted by atomic mass is 10.1. The molecule has 2 saturated heterocycles. The third-order valence-corrected chi connectivity index (χ3v) is 5.98. The Morgan fingerprint density at radius 1 is 1.00 bits per heavy atom. The maximum atomic E-state index is 13.2. The van der Waals surface area contributed by atoms with Crippen LogP contribution < -0.4 is 14.5 Å². The van der Waals surface area contributed by atoms with E-state index >= 15 is 0 Å². The van der Waals surface area contributed by atoms with Gasteiger partial charge in [0.05, 0.1) is 30.3 Å². The van der Waals surface area contributed by atoms with Crippen molar-refractivity contribution in [3.8, 4) is 5.75 Å². The average molecular weight is 461 g/mol. The molecule has 2 aliphatic heterocycles. The van der Waals surface area contributed by atoms with Crippen LogP contribution in [0.3, 0.4) is 0 Å². The molecule has 0 unspecified atom stereocenters. The molecule has 33 heavy (non-hydrogen) atoms. The summed E-state index contributed by atoms with van der Waals surface area (Å²) in [5, 5.41) is 0. The Labute approximate surface area is 190 Å². The summed E-state index contributed by atoms with van der Waals surface area (Å²) in [4.78, 5) is 31.0. The third kappa shape index (κ3) is 4.83. The van der Waals surface area contributed by atoms with Crippen LogP contribution in [0.25, 0.3) is 0 Å². The van der Waals surface area contributed by atoms with Gasteiger partial charge in [-0.1, -0.05) is 25.1 Å². The number of anilines is 2. The highest BCUT2D eigenvalue weighted by atomic mass is 19.4. The van der Waals surface area contributed by atoms with Crippen molar-refractivity contribution in [3.63, 3.8) is 0 Å². The Balaban J connectivity index is 1.44. The molecule has 0 saturated carbocycles. The molecule has 2 aromatic rings. The number of amides is 2. The van der Waals surface area contributed by atoms with Crippen molar-refractivity contribution >= 4 is 23.2 Å². The van der Waals surface area contributed by atoms with E-state index in [9.17, 15) is 22.8 Å². The van der Waals surface area contributed by atoms with E-state index in [1.165, 1.54) is 11.0 Å². The highest BCUT2D eigenvalue weighted by Gasteiger charge is 2.44. The Morgan fingerprint density at radius 3 is 2.42 bits per heavy atom. The number of carbonyl (C=O) groups is 2. The normalized spacial score (nSPS) is 19.9. The standard InChI is InChI=1S/C24H26F3N3O3/c1-2-14-33-21-9-4-3-8-19(21)30-22(31)16-20(23(30)32)29-12-10-28(11-13-29)18-7-5-6-17(15-18)24(25,26)27/h3-9,15,20H,2,10-14,16H2,1H3/t20-/m1/s1. The summed E-state index contributed by atoms with van der Waals surface area (Å²) < 4.78 is 44.9. The predicted octanol–water partition coefficient (Wildman–Crippen LogP) is 3.95. The molecule has 4 rings (SSSR count). The molecule has 0 radical (unpaired) electrons. The van der Waals surface area contributed by atoms with Gasteiger partial charge in [0.15, 0.2) is 0 Å². The highest BCUT2D eigenvalue weighted by molar-refractivity contribution is 6.23. The minimum absolute atomic E-state index is 0.0739. The molecular formula is C24H26F3N3O3. The Bertz CT molecular complexity index is 1020. The summed E-state index contributed by atoms with van der Waals surface area (Å²) in [5.74, 6) is -0.0750. The third-order valence-electron chi connectivity index (χ3n) is 5.98. The fraction of sp³-hybridized carbons (Fsp3) is 0.417. The molecule has 6 nitrogen and oxygen atoms in total. The molecule has 2 fully saturated rings. The minimum Gasteiger partial charge on any atom is -0.491 e. The molecule has 2 aromatic carbocycles. The van der Waals surface area contributed by atoms with Crippen LogP contribution in [0.1, 0.15) is 25.3 Å². The van der Waals surface area contributed by atoms with Gasteiger partial charge in [0.2, 0.25) is 5.91 Å². The lowest BCUT2D eigenvalue weighted by Gasteiger charge is -2.38. The summed E-state index contributed by atoms with van der Waals surface area (Å²) in [7, 11) is 0. The predicted molar refractivity (Wildman–Crippen MR) is 118 cm³/mol. The van der Waals surface area contributed by atoms with Gasteiger partial charge in [-0.05, 0) is 36.8 Å². The zero-order chi connectivity index (χ0) is 23.6. The van der Waals surface area contributed by atoms with E-state index in [2.05, 4.69) is 0 Å². The Kier molecular flexibility index (Phi) is 6.60. The second-order valence-corrected chi connectivity index (χ2v) is 8.17. The molecule has 0 spiro atoms. The topological polar surface area (TPSA) is 53.1 Å². The zero-order valence-corrected chi connectivity index (χ0v) is 18.3. The highest BCUT2D eigenvalue weighted by Crippen LogP contribution is 2.35. The van der Waals surface area contributed by atoms with E-state index < -0.39 is 17.8 Å². The van der Waals surface area contributed by atoms with Crippen LogP contribution in [-0.4, -0.2) is 55.5 Å². The van der Waals surface area contributed by atoms with Gasteiger partial charge >= 0.3 is 6.18 Å². The zero-order valence-electron chi connectivity index (χ0n) is 18.3. The first-order valence-corrected chi connectivity index (χ1v) is 11.0. The van der Waals surface area contributed by atoms with Crippen molar-refractivity contribution in [2.24, 2.45) is 0 Å². The fourth-order valence-corrected chi connectivity index (χ4v) is 4.30. The molecule has 2 heterocycles. The lowest BCUT2D eigenvalue weighted by molar-refractivity contribution is -0.137. The van der Waals surface area contributed by atoms with Crippen molar-refractivity contribution < 1.29 is 27.5 Å². The second-order valence-electron chi connectivity index (χ2n) is 8.17. The summed E-state index contributed by atoms with van der Waals surface area (Å²) in [6, 6.07) is 11.7. The fourth-order valence-electron chi connectivity index (χ4n) is 4.30. The molecule has 2 amide bonds. The van der Waals surface area contributed by atoms with Crippen LogP contribution in [0.5, 0.6) is 5.75 Å². The van der Waals surface area contributed by atoms with Crippen LogP contribution >= 0.6 is 0 Å².